The largest absolute Gasteiger partial charge is 0.373 e. The average Bonchev–Trinajstić information content (AvgIpc) is 2.42. The Hall–Kier alpha value is -2.05. The standard InChI is InChI=1S/C12H10Cl2N4O2/c1-15-11-5-8(18(19)20)6-12(17-11)16-10-4-7(13)2-3-9(10)14/h2-6H,1H3,(H2,15,16,17). The number of nitrogens with one attached hydrogen (secondary N) is 2. The Morgan fingerprint density at radius 3 is 2.55 bits per heavy atom. The Kier molecular flexibility index (Phi) is 4.26. The van der Waals surface area contributed by atoms with Crippen molar-refractivity contribution >= 4 is 46.2 Å². The molecule has 8 heteroatoms. The molecule has 104 valence electrons. The zero-order valence-electron chi connectivity index (χ0n) is 10.4. The van der Waals surface area contributed by atoms with Crippen LogP contribution in [0.5, 0.6) is 0 Å². The highest BCUT2D eigenvalue weighted by Crippen LogP contribution is 2.29. The van der Waals surface area contributed by atoms with Crippen molar-refractivity contribution in [2.24, 2.45) is 0 Å². The van der Waals surface area contributed by atoms with Crippen LogP contribution >= 0.6 is 23.2 Å². The van der Waals surface area contributed by atoms with Gasteiger partial charge in [0.05, 0.1) is 27.8 Å². The summed E-state index contributed by atoms with van der Waals surface area (Å²) in [5.74, 6) is 0.674. The second-order valence-corrected chi connectivity index (χ2v) is 4.70. The smallest absolute Gasteiger partial charge is 0.276 e. The van der Waals surface area contributed by atoms with Gasteiger partial charge in [-0.1, -0.05) is 23.2 Å². The van der Waals surface area contributed by atoms with Gasteiger partial charge >= 0.3 is 0 Å². The molecule has 0 amide bonds. The number of nitro groups is 1. The van der Waals surface area contributed by atoms with Crippen LogP contribution in [0, 0.1) is 10.1 Å². The van der Waals surface area contributed by atoms with Gasteiger partial charge in [0, 0.05) is 12.1 Å². The predicted octanol–water partition coefficient (Wildman–Crippen LogP) is 4.08. The summed E-state index contributed by atoms with van der Waals surface area (Å²) < 4.78 is 0. The van der Waals surface area contributed by atoms with Crippen LogP contribution in [0.25, 0.3) is 0 Å². The Balaban J connectivity index is 2.39. The summed E-state index contributed by atoms with van der Waals surface area (Å²) in [5, 5.41) is 17.5. The van der Waals surface area contributed by atoms with Gasteiger partial charge in [0.2, 0.25) is 0 Å². The van der Waals surface area contributed by atoms with E-state index in [9.17, 15) is 10.1 Å². The summed E-state index contributed by atoms with van der Waals surface area (Å²) in [6.07, 6.45) is 0. The molecule has 0 aliphatic carbocycles. The highest BCUT2D eigenvalue weighted by atomic mass is 35.5. The van der Waals surface area contributed by atoms with Gasteiger partial charge in [-0.3, -0.25) is 10.1 Å². The van der Waals surface area contributed by atoms with Crippen LogP contribution in [-0.2, 0) is 0 Å². The fourth-order valence-electron chi connectivity index (χ4n) is 1.54. The van der Waals surface area contributed by atoms with Crippen molar-refractivity contribution in [2.75, 3.05) is 17.7 Å². The van der Waals surface area contributed by atoms with Crippen LogP contribution < -0.4 is 10.6 Å². The lowest BCUT2D eigenvalue weighted by Gasteiger charge is -2.09. The third-order valence-electron chi connectivity index (χ3n) is 2.47. The van der Waals surface area contributed by atoms with E-state index in [1.165, 1.54) is 12.1 Å². The van der Waals surface area contributed by atoms with Crippen molar-refractivity contribution in [2.45, 2.75) is 0 Å². The SMILES string of the molecule is CNc1cc([N+](=O)[O-])cc(Nc2cc(Cl)ccc2Cl)n1. The number of aromatic nitrogens is 1. The van der Waals surface area contributed by atoms with Gasteiger partial charge < -0.3 is 10.6 Å². The molecule has 0 atom stereocenters. The van der Waals surface area contributed by atoms with Gasteiger partial charge in [0.1, 0.15) is 11.6 Å². The van der Waals surface area contributed by atoms with E-state index in [1.807, 2.05) is 0 Å². The second kappa shape index (κ2) is 5.94. The molecule has 6 nitrogen and oxygen atoms in total. The summed E-state index contributed by atoms with van der Waals surface area (Å²) in [4.78, 5) is 14.5. The molecule has 0 fully saturated rings. The van der Waals surface area contributed by atoms with E-state index in [2.05, 4.69) is 15.6 Å². The number of hydrogen-bond donors (Lipinski definition) is 2. The minimum Gasteiger partial charge on any atom is -0.373 e. The predicted molar refractivity (Wildman–Crippen MR) is 80.2 cm³/mol. The van der Waals surface area contributed by atoms with Crippen molar-refractivity contribution in [1.29, 1.82) is 0 Å². The molecule has 2 N–H and O–H groups in total. The molecule has 1 aromatic heterocycles. The van der Waals surface area contributed by atoms with E-state index >= 15 is 0 Å². The monoisotopic (exact) mass is 312 g/mol. The minimum atomic E-state index is -0.493. The molecule has 0 aliphatic heterocycles. The van der Waals surface area contributed by atoms with E-state index < -0.39 is 4.92 Å². The average molecular weight is 313 g/mol. The van der Waals surface area contributed by atoms with E-state index in [0.29, 0.717) is 27.4 Å². The first kappa shape index (κ1) is 14.4. The number of rotatable bonds is 4. The maximum absolute atomic E-state index is 10.9. The molecule has 0 spiro atoms. The molecule has 2 aromatic rings. The molecule has 2 rings (SSSR count). The lowest BCUT2D eigenvalue weighted by atomic mass is 10.3. The van der Waals surface area contributed by atoms with Gasteiger partial charge in [0.25, 0.3) is 5.69 Å². The van der Waals surface area contributed by atoms with Crippen LogP contribution in [0.4, 0.5) is 23.0 Å². The Morgan fingerprint density at radius 1 is 1.20 bits per heavy atom. The molecular formula is C12H10Cl2N4O2. The zero-order valence-corrected chi connectivity index (χ0v) is 11.9. The number of anilines is 3. The molecule has 20 heavy (non-hydrogen) atoms. The second-order valence-electron chi connectivity index (χ2n) is 3.85. The van der Waals surface area contributed by atoms with Crippen molar-refractivity contribution < 1.29 is 4.92 Å². The molecule has 0 radical (unpaired) electrons. The van der Waals surface area contributed by atoms with E-state index in [4.69, 9.17) is 23.2 Å². The van der Waals surface area contributed by atoms with E-state index in [-0.39, 0.29) is 5.69 Å². The number of hydrogen-bond acceptors (Lipinski definition) is 5. The Labute approximate surface area is 124 Å². The van der Waals surface area contributed by atoms with Gasteiger partial charge in [-0.25, -0.2) is 4.98 Å². The van der Waals surface area contributed by atoms with Crippen LogP contribution in [0.1, 0.15) is 0 Å². The number of halogens is 2. The van der Waals surface area contributed by atoms with Gasteiger partial charge in [-0.05, 0) is 18.2 Å². The molecule has 0 aliphatic rings. The summed E-state index contributed by atoms with van der Waals surface area (Å²) >= 11 is 11.9. The Bertz CT molecular complexity index is 664. The highest BCUT2D eigenvalue weighted by Gasteiger charge is 2.12. The third kappa shape index (κ3) is 3.28. The minimum absolute atomic E-state index is 0.0787. The molecule has 0 saturated carbocycles. The van der Waals surface area contributed by atoms with E-state index in [0.717, 1.165) is 0 Å². The van der Waals surface area contributed by atoms with Gasteiger partial charge in [0.15, 0.2) is 0 Å². The first-order chi connectivity index (χ1) is 9.49. The molecular weight excluding hydrogens is 303 g/mol. The first-order valence-corrected chi connectivity index (χ1v) is 6.31. The van der Waals surface area contributed by atoms with Crippen LogP contribution in [0.3, 0.4) is 0 Å². The van der Waals surface area contributed by atoms with E-state index in [1.54, 1.807) is 25.2 Å². The molecule has 0 unspecified atom stereocenters. The van der Waals surface area contributed by atoms with Crippen LogP contribution in [-0.4, -0.2) is 17.0 Å². The fourth-order valence-corrected chi connectivity index (χ4v) is 1.88. The van der Waals surface area contributed by atoms with Crippen LogP contribution in [0.2, 0.25) is 10.0 Å². The van der Waals surface area contributed by atoms with Crippen molar-refractivity contribution in [3.63, 3.8) is 0 Å². The molecule has 0 bridgehead atoms. The number of nitrogens with zero attached hydrogens (tertiary/aromatic N) is 2. The third-order valence-corrected chi connectivity index (χ3v) is 3.03. The Morgan fingerprint density at radius 2 is 1.90 bits per heavy atom. The summed E-state index contributed by atoms with van der Waals surface area (Å²) in [7, 11) is 1.63. The lowest BCUT2D eigenvalue weighted by Crippen LogP contribution is -2.00. The van der Waals surface area contributed by atoms with Gasteiger partial charge in [-0.2, -0.15) is 0 Å². The topological polar surface area (TPSA) is 80.1 Å². The van der Waals surface area contributed by atoms with Crippen molar-refractivity contribution in [3.8, 4) is 0 Å². The molecule has 0 saturated heterocycles. The number of benzene rings is 1. The summed E-state index contributed by atoms with van der Waals surface area (Å²) in [5.41, 5.74) is 0.444. The van der Waals surface area contributed by atoms with Gasteiger partial charge in [-0.15, -0.1) is 0 Å². The highest BCUT2D eigenvalue weighted by molar-refractivity contribution is 6.35. The van der Waals surface area contributed by atoms with Crippen molar-refractivity contribution in [1.82, 2.24) is 4.98 Å². The summed E-state index contributed by atoms with van der Waals surface area (Å²) in [6, 6.07) is 7.55. The molecule has 1 heterocycles. The normalized spacial score (nSPS) is 10.2. The fraction of sp³-hybridized carbons (Fsp3) is 0.0833. The lowest BCUT2D eigenvalue weighted by molar-refractivity contribution is -0.384. The maximum atomic E-state index is 10.9. The van der Waals surface area contributed by atoms with Crippen molar-refractivity contribution in [3.05, 3.63) is 50.5 Å². The molecule has 1 aromatic carbocycles. The summed E-state index contributed by atoms with van der Waals surface area (Å²) in [6.45, 7) is 0. The zero-order chi connectivity index (χ0) is 14.7. The quantitative estimate of drug-likeness (QED) is 0.656. The van der Waals surface area contributed by atoms with Crippen LogP contribution in [0.15, 0.2) is 30.3 Å². The number of pyridine rings is 1. The first-order valence-electron chi connectivity index (χ1n) is 5.56. The maximum Gasteiger partial charge on any atom is 0.276 e.